The molecular formula is C17H19N3O2S. The van der Waals surface area contributed by atoms with Gasteiger partial charge in [0.2, 0.25) is 0 Å². The van der Waals surface area contributed by atoms with Crippen LogP contribution in [0.1, 0.15) is 11.3 Å². The van der Waals surface area contributed by atoms with E-state index in [-0.39, 0.29) is 0 Å². The monoisotopic (exact) mass is 329 g/mol. The zero-order valence-corrected chi connectivity index (χ0v) is 14.0. The number of methoxy groups -OCH3 is 1. The first-order chi connectivity index (χ1) is 11.2. The number of benzene rings is 1. The number of H-pyrrole nitrogens is 1. The van der Waals surface area contributed by atoms with Gasteiger partial charge in [0.05, 0.1) is 23.3 Å². The van der Waals surface area contributed by atoms with Gasteiger partial charge < -0.3 is 14.5 Å². The molecule has 0 unspecified atom stereocenters. The van der Waals surface area contributed by atoms with Crippen molar-refractivity contribution in [3.63, 3.8) is 0 Å². The van der Waals surface area contributed by atoms with E-state index < -0.39 is 0 Å². The molecular weight excluding hydrogens is 310 g/mol. The highest BCUT2D eigenvalue weighted by Gasteiger charge is 2.05. The Kier molecular flexibility index (Phi) is 5.15. The number of aromatic nitrogens is 3. The largest absolute Gasteiger partial charge is 0.491 e. The molecule has 0 saturated heterocycles. The van der Waals surface area contributed by atoms with Crippen LogP contribution in [0.15, 0.2) is 41.7 Å². The number of thioether (sulfide) groups is 1. The zero-order chi connectivity index (χ0) is 16.1. The van der Waals surface area contributed by atoms with E-state index >= 15 is 0 Å². The smallest absolute Gasteiger partial charge is 0.166 e. The number of nitrogens with one attached hydrogen (secondary N) is 1. The standard InChI is InChI=1S/C17H19N3O2S/c1-12-3-4-15-16(9-12)20-17(19-15)23-11-13-10-14(5-6-18-13)22-8-7-21-2/h3-6,9-10H,7-8,11H2,1-2H3,(H,19,20). The van der Waals surface area contributed by atoms with E-state index in [1.165, 1.54) is 5.56 Å². The second-order valence-corrected chi connectivity index (χ2v) is 6.14. The molecule has 1 N–H and O–H groups in total. The molecule has 3 aromatic rings. The van der Waals surface area contributed by atoms with Gasteiger partial charge in [-0.15, -0.1) is 0 Å². The van der Waals surface area contributed by atoms with Crippen molar-refractivity contribution in [2.45, 2.75) is 17.8 Å². The van der Waals surface area contributed by atoms with Crippen molar-refractivity contribution in [2.75, 3.05) is 20.3 Å². The van der Waals surface area contributed by atoms with Crippen LogP contribution < -0.4 is 4.74 Å². The van der Waals surface area contributed by atoms with Gasteiger partial charge in [0.15, 0.2) is 5.16 Å². The molecule has 2 aromatic heterocycles. The molecule has 3 rings (SSSR count). The molecule has 0 aliphatic heterocycles. The molecule has 1 aromatic carbocycles. The van der Waals surface area contributed by atoms with E-state index in [1.807, 2.05) is 18.2 Å². The Morgan fingerprint density at radius 2 is 2.09 bits per heavy atom. The fourth-order valence-corrected chi connectivity index (χ4v) is 2.97. The van der Waals surface area contributed by atoms with Crippen LogP contribution in [0, 0.1) is 6.92 Å². The van der Waals surface area contributed by atoms with Crippen molar-refractivity contribution in [1.82, 2.24) is 15.0 Å². The molecule has 23 heavy (non-hydrogen) atoms. The highest BCUT2D eigenvalue weighted by Crippen LogP contribution is 2.24. The van der Waals surface area contributed by atoms with Crippen LogP contribution in [0.4, 0.5) is 0 Å². The maximum absolute atomic E-state index is 5.60. The van der Waals surface area contributed by atoms with Crippen LogP contribution in [0.25, 0.3) is 11.0 Å². The summed E-state index contributed by atoms with van der Waals surface area (Å²) in [6.07, 6.45) is 1.76. The Bertz CT molecular complexity index is 788. The van der Waals surface area contributed by atoms with Crippen LogP contribution in [-0.2, 0) is 10.5 Å². The van der Waals surface area contributed by atoms with E-state index in [0.29, 0.717) is 13.2 Å². The number of fused-ring (bicyclic) bond motifs is 1. The van der Waals surface area contributed by atoms with Gasteiger partial charge in [0, 0.05) is 25.1 Å². The van der Waals surface area contributed by atoms with Gasteiger partial charge in [-0.2, -0.15) is 0 Å². The van der Waals surface area contributed by atoms with Crippen LogP contribution in [0.2, 0.25) is 0 Å². The van der Waals surface area contributed by atoms with Crippen molar-refractivity contribution in [3.05, 3.63) is 47.8 Å². The lowest BCUT2D eigenvalue weighted by Crippen LogP contribution is -2.04. The van der Waals surface area contributed by atoms with Crippen molar-refractivity contribution < 1.29 is 9.47 Å². The predicted molar refractivity (Wildman–Crippen MR) is 92.0 cm³/mol. The summed E-state index contributed by atoms with van der Waals surface area (Å²) in [4.78, 5) is 12.3. The maximum atomic E-state index is 5.60. The van der Waals surface area contributed by atoms with Crippen molar-refractivity contribution >= 4 is 22.8 Å². The SMILES string of the molecule is COCCOc1ccnc(CSc2nc3ccc(C)cc3[nH]2)c1. The number of nitrogens with zero attached hydrogens (tertiary/aromatic N) is 2. The van der Waals surface area contributed by atoms with Gasteiger partial charge in [-0.25, -0.2) is 4.98 Å². The Morgan fingerprint density at radius 3 is 2.96 bits per heavy atom. The first-order valence-corrected chi connectivity index (χ1v) is 8.39. The molecule has 0 amide bonds. The summed E-state index contributed by atoms with van der Waals surface area (Å²) >= 11 is 1.63. The summed E-state index contributed by atoms with van der Waals surface area (Å²) in [6.45, 7) is 3.19. The van der Waals surface area contributed by atoms with Gasteiger partial charge in [0.25, 0.3) is 0 Å². The fourth-order valence-electron chi connectivity index (χ4n) is 2.18. The Labute approximate surface area is 139 Å². The lowest BCUT2D eigenvalue weighted by atomic mass is 10.2. The number of aryl methyl sites for hydroxylation is 1. The van der Waals surface area contributed by atoms with Gasteiger partial charge in [-0.05, 0) is 30.7 Å². The lowest BCUT2D eigenvalue weighted by Gasteiger charge is -2.06. The minimum Gasteiger partial charge on any atom is -0.491 e. The summed E-state index contributed by atoms with van der Waals surface area (Å²) in [5.74, 6) is 1.55. The molecule has 2 heterocycles. The number of rotatable bonds is 7. The highest BCUT2D eigenvalue weighted by atomic mass is 32.2. The van der Waals surface area contributed by atoms with E-state index in [4.69, 9.17) is 9.47 Å². The van der Waals surface area contributed by atoms with Crippen molar-refractivity contribution in [3.8, 4) is 5.75 Å². The lowest BCUT2D eigenvalue weighted by molar-refractivity contribution is 0.146. The van der Waals surface area contributed by atoms with Crippen LogP contribution in [0.3, 0.4) is 0 Å². The quantitative estimate of drug-likeness (QED) is 0.530. The number of ether oxygens (including phenoxy) is 2. The number of pyridine rings is 1. The minimum absolute atomic E-state index is 0.538. The molecule has 0 saturated carbocycles. The molecule has 0 aliphatic carbocycles. The highest BCUT2D eigenvalue weighted by molar-refractivity contribution is 7.98. The number of hydrogen-bond acceptors (Lipinski definition) is 5. The number of hydrogen-bond donors (Lipinski definition) is 1. The average Bonchev–Trinajstić information content (AvgIpc) is 2.96. The molecule has 120 valence electrons. The molecule has 0 bridgehead atoms. The fraction of sp³-hybridized carbons (Fsp3) is 0.294. The second kappa shape index (κ2) is 7.48. The molecule has 0 atom stereocenters. The Balaban J connectivity index is 1.63. The minimum atomic E-state index is 0.538. The molecule has 0 aliphatic rings. The Hall–Kier alpha value is -2.05. The second-order valence-electron chi connectivity index (χ2n) is 5.18. The average molecular weight is 329 g/mol. The van der Waals surface area contributed by atoms with E-state index in [9.17, 15) is 0 Å². The zero-order valence-electron chi connectivity index (χ0n) is 13.2. The summed E-state index contributed by atoms with van der Waals surface area (Å²) in [5.41, 5.74) is 4.24. The van der Waals surface area contributed by atoms with Crippen molar-refractivity contribution in [1.29, 1.82) is 0 Å². The van der Waals surface area contributed by atoms with Crippen LogP contribution in [0.5, 0.6) is 5.75 Å². The van der Waals surface area contributed by atoms with Gasteiger partial charge in [0.1, 0.15) is 12.4 Å². The summed E-state index contributed by atoms with van der Waals surface area (Å²) in [5, 5.41) is 0.901. The van der Waals surface area contributed by atoms with Gasteiger partial charge in [-0.1, -0.05) is 17.8 Å². The molecule has 6 heteroatoms. The third-order valence-electron chi connectivity index (χ3n) is 3.32. The first kappa shape index (κ1) is 15.8. The summed E-state index contributed by atoms with van der Waals surface area (Å²) in [6, 6.07) is 10.0. The summed E-state index contributed by atoms with van der Waals surface area (Å²) < 4.78 is 10.6. The number of imidazole rings is 1. The summed E-state index contributed by atoms with van der Waals surface area (Å²) in [7, 11) is 1.66. The van der Waals surface area contributed by atoms with Gasteiger partial charge >= 0.3 is 0 Å². The first-order valence-electron chi connectivity index (χ1n) is 7.40. The third kappa shape index (κ3) is 4.24. The Morgan fingerprint density at radius 1 is 1.17 bits per heavy atom. The van der Waals surface area contributed by atoms with E-state index in [1.54, 1.807) is 25.1 Å². The van der Waals surface area contributed by atoms with Crippen molar-refractivity contribution in [2.24, 2.45) is 0 Å². The van der Waals surface area contributed by atoms with Gasteiger partial charge in [-0.3, -0.25) is 4.98 Å². The number of aromatic amines is 1. The predicted octanol–water partition coefficient (Wildman–Crippen LogP) is 3.58. The maximum Gasteiger partial charge on any atom is 0.166 e. The molecule has 5 nitrogen and oxygen atoms in total. The topological polar surface area (TPSA) is 60.0 Å². The van der Waals surface area contributed by atoms with E-state index in [0.717, 1.165) is 33.4 Å². The van der Waals surface area contributed by atoms with E-state index in [2.05, 4.69) is 34.0 Å². The normalized spacial score (nSPS) is 11.0. The third-order valence-corrected chi connectivity index (χ3v) is 4.22. The molecule has 0 spiro atoms. The molecule has 0 radical (unpaired) electrons. The molecule has 0 fully saturated rings. The van der Waals surface area contributed by atoms with Crippen LogP contribution >= 0.6 is 11.8 Å². The van der Waals surface area contributed by atoms with Crippen LogP contribution in [-0.4, -0.2) is 35.3 Å².